The monoisotopic (exact) mass is 366 g/mol. The Labute approximate surface area is 135 Å². The molecule has 0 aliphatic heterocycles. The van der Waals surface area contributed by atoms with Crippen LogP contribution in [0.1, 0.15) is 17.3 Å². The Morgan fingerprint density at radius 3 is 2.48 bits per heavy atom. The van der Waals surface area contributed by atoms with Crippen LogP contribution in [-0.4, -0.2) is 11.8 Å². The summed E-state index contributed by atoms with van der Waals surface area (Å²) in [4.78, 5) is 23.1. The lowest BCUT2D eigenvalue weighted by molar-refractivity contribution is -0.114. The molecule has 0 radical (unpaired) electrons. The number of rotatable bonds is 3. The summed E-state index contributed by atoms with van der Waals surface area (Å²) in [5, 5.41) is 5.71. The zero-order valence-corrected chi connectivity index (χ0v) is 13.5. The molecule has 0 saturated carbocycles. The van der Waals surface area contributed by atoms with Crippen molar-refractivity contribution in [3.63, 3.8) is 0 Å². The summed E-state index contributed by atoms with van der Waals surface area (Å²) in [7, 11) is 0. The van der Waals surface area contributed by atoms with E-state index in [0.717, 1.165) is 4.47 Å². The average molecular weight is 368 g/mol. The molecule has 2 aromatic rings. The normalized spacial score (nSPS) is 10.0. The van der Waals surface area contributed by atoms with Crippen molar-refractivity contribution in [2.75, 3.05) is 10.6 Å². The minimum atomic E-state index is -0.236. The van der Waals surface area contributed by atoms with Gasteiger partial charge in [0, 0.05) is 22.6 Å². The van der Waals surface area contributed by atoms with E-state index in [1.165, 1.54) is 6.92 Å². The highest BCUT2D eigenvalue weighted by atomic mass is 79.9. The number of hydrogen-bond acceptors (Lipinski definition) is 2. The summed E-state index contributed by atoms with van der Waals surface area (Å²) in [6.07, 6.45) is 0. The first-order valence-corrected chi connectivity index (χ1v) is 7.27. The largest absolute Gasteiger partial charge is 0.325 e. The van der Waals surface area contributed by atoms with Crippen molar-refractivity contribution < 1.29 is 9.59 Å². The molecule has 4 nitrogen and oxygen atoms in total. The number of halogens is 2. The van der Waals surface area contributed by atoms with Crippen LogP contribution in [0, 0.1) is 0 Å². The molecule has 0 aromatic heterocycles. The number of hydrogen-bond donors (Lipinski definition) is 2. The van der Waals surface area contributed by atoms with Gasteiger partial charge in [-0.05, 0) is 36.4 Å². The first-order valence-electron chi connectivity index (χ1n) is 6.10. The quantitative estimate of drug-likeness (QED) is 0.849. The minimum absolute atomic E-state index is 0.206. The van der Waals surface area contributed by atoms with E-state index in [0.29, 0.717) is 22.0 Å². The van der Waals surface area contributed by atoms with Crippen LogP contribution in [0.3, 0.4) is 0 Å². The number of amides is 2. The second kappa shape index (κ2) is 6.74. The molecule has 2 aromatic carbocycles. The van der Waals surface area contributed by atoms with Gasteiger partial charge < -0.3 is 10.6 Å². The van der Waals surface area contributed by atoms with E-state index in [1.807, 2.05) is 6.07 Å². The van der Waals surface area contributed by atoms with E-state index in [1.54, 1.807) is 36.4 Å². The number of nitrogens with one attached hydrogen (secondary N) is 2. The zero-order chi connectivity index (χ0) is 15.4. The van der Waals surface area contributed by atoms with E-state index >= 15 is 0 Å². The summed E-state index contributed by atoms with van der Waals surface area (Å²) in [6, 6.07) is 12.0. The van der Waals surface area contributed by atoms with Gasteiger partial charge in [-0.25, -0.2) is 0 Å². The Kier molecular flexibility index (Phi) is 4.98. The van der Waals surface area contributed by atoms with E-state index in [2.05, 4.69) is 26.6 Å². The van der Waals surface area contributed by atoms with Crippen LogP contribution in [0.2, 0.25) is 5.02 Å². The fourth-order valence-electron chi connectivity index (χ4n) is 1.72. The van der Waals surface area contributed by atoms with Crippen LogP contribution in [-0.2, 0) is 4.79 Å². The minimum Gasteiger partial charge on any atom is -0.325 e. The van der Waals surface area contributed by atoms with Gasteiger partial charge in [-0.2, -0.15) is 0 Å². The highest BCUT2D eigenvalue weighted by molar-refractivity contribution is 9.10. The van der Waals surface area contributed by atoms with Crippen LogP contribution < -0.4 is 10.6 Å². The molecule has 2 amide bonds. The van der Waals surface area contributed by atoms with Gasteiger partial charge in [0.05, 0.1) is 10.7 Å². The molecule has 6 heteroatoms. The topological polar surface area (TPSA) is 58.2 Å². The Morgan fingerprint density at radius 1 is 1.10 bits per heavy atom. The number of benzene rings is 2. The van der Waals surface area contributed by atoms with Crippen LogP contribution in [0.25, 0.3) is 0 Å². The number of carbonyl (C=O) groups is 2. The van der Waals surface area contributed by atoms with Crippen LogP contribution in [0.15, 0.2) is 46.9 Å². The lowest BCUT2D eigenvalue weighted by Crippen LogP contribution is -2.12. The first-order chi connectivity index (χ1) is 9.95. The van der Waals surface area contributed by atoms with Gasteiger partial charge in [0.15, 0.2) is 0 Å². The Bertz CT molecular complexity index is 704. The fraction of sp³-hybridized carbons (Fsp3) is 0.0667. The third-order valence-electron chi connectivity index (χ3n) is 2.62. The van der Waals surface area contributed by atoms with Crippen molar-refractivity contribution in [1.29, 1.82) is 0 Å². The molecule has 0 fully saturated rings. The highest BCUT2D eigenvalue weighted by Gasteiger charge is 2.08. The molecular formula is C15H12BrClN2O2. The van der Waals surface area contributed by atoms with Crippen molar-refractivity contribution in [2.24, 2.45) is 0 Å². The smallest absolute Gasteiger partial charge is 0.255 e. The molecule has 2 rings (SSSR count). The molecule has 21 heavy (non-hydrogen) atoms. The Balaban J connectivity index is 2.15. The fourth-order valence-corrected chi connectivity index (χ4v) is 2.34. The average Bonchev–Trinajstić information content (AvgIpc) is 2.41. The Hall–Kier alpha value is -1.85. The molecule has 0 bridgehead atoms. The second-order valence-corrected chi connectivity index (χ2v) is 5.66. The van der Waals surface area contributed by atoms with Gasteiger partial charge >= 0.3 is 0 Å². The van der Waals surface area contributed by atoms with Gasteiger partial charge in [0.25, 0.3) is 5.91 Å². The van der Waals surface area contributed by atoms with Gasteiger partial charge in [0.1, 0.15) is 0 Å². The van der Waals surface area contributed by atoms with Crippen LogP contribution in [0.4, 0.5) is 11.4 Å². The van der Waals surface area contributed by atoms with Gasteiger partial charge in [-0.1, -0.05) is 33.6 Å². The molecule has 0 aliphatic rings. The predicted molar refractivity (Wildman–Crippen MR) is 87.9 cm³/mol. The maximum Gasteiger partial charge on any atom is 0.255 e. The van der Waals surface area contributed by atoms with Crippen molar-refractivity contribution in [3.8, 4) is 0 Å². The summed E-state index contributed by atoms with van der Waals surface area (Å²) in [5.41, 5.74) is 1.59. The van der Waals surface area contributed by atoms with Crippen LogP contribution in [0.5, 0.6) is 0 Å². The standard InChI is InChI=1S/C15H12BrClN2O2/c1-9(20)18-14-6-5-12(8-13(14)17)19-15(21)10-3-2-4-11(16)7-10/h2-8H,1H3,(H,18,20)(H,19,21). The van der Waals surface area contributed by atoms with E-state index in [4.69, 9.17) is 11.6 Å². The molecule has 2 N–H and O–H groups in total. The number of carbonyl (C=O) groups excluding carboxylic acids is 2. The predicted octanol–water partition coefficient (Wildman–Crippen LogP) is 4.31. The second-order valence-electron chi connectivity index (χ2n) is 4.34. The maximum absolute atomic E-state index is 12.1. The van der Waals surface area contributed by atoms with E-state index < -0.39 is 0 Å². The maximum atomic E-state index is 12.1. The molecule has 0 unspecified atom stereocenters. The van der Waals surface area contributed by atoms with Crippen LogP contribution >= 0.6 is 27.5 Å². The Morgan fingerprint density at radius 2 is 1.86 bits per heavy atom. The van der Waals surface area contributed by atoms with Gasteiger partial charge in [0.2, 0.25) is 5.91 Å². The third kappa shape index (κ3) is 4.31. The van der Waals surface area contributed by atoms with Crippen molar-refractivity contribution in [3.05, 3.63) is 57.5 Å². The molecule has 0 heterocycles. The summed E-state index contributed by atoms with van der Waals surface area (Å²) in [5.74, 6) is -0.442. The van der Waals surface area contributed by atoms with Crippen molar-refractivity contribution >= 4 is 50.7 Å². The van der Waals surface area contributed by atoms with Crippen molar-refractivity contribution in [2.45, 2.75) is 6.92 Å². The lowest BCUT2D eigenvalue weighted by atomic mass is 10.2. The van der Waals surface area contributed by atoms with E-state index in [-0.39, 0.29) is 11.8 Å². The summed E-state index contributed by atoms with van der Waals surface area (Å²) < 4.78 is 0.828. The molecule has 0 atom stereocenters. The highest BCUT2D eigenvalue weighted by Crippen LogP contribution is 2.26. The molecule has 0 saturated heterocycles. The van der Waals surface area contributed by atoms with Crippen molar-refractivity contribution in [1.82, 2.24) is 0 Å². The van der Waals surface area contributed by atoms with E-state index in [9.17, 15) is 9.59 Å². The first kappa shape index (κ1) is 15.5. The zero-order valence-electron chi connectivity index (χ0n) is 11.1. The summed E-state index contributed by atoms with van der Waals surface area (Å²) in [6.45, 7) is 1.40. The molecule has 108 valence electrons. The SMILES string of the molecule is CC(=O)Nc1ccc(NC(=O)c2cccc(Br)c2)cc1Cl. The summed E-state index contributed by atoms with van der Waals surface area (Å²) >= 11 is 9.37. The molecule has 0 spiro atoms. The lowest BCUT2D eigenvalue weighted by Gasteiger charge is -2.09. The molecule has 0 aliphatic carbocycles. The number of anilines is 2. The third-order valence-corrected chi connectivity index (χ3v) is 3.43. The molecular weight excluding hydrogens is 356 g/mol. The van der Waals surface area contributed by atoms with Gasteiger partial charge in [-0.15, -0.1) is 0 Å². The van der Waals surface area contributed by atoms with Gasteiger partial charge in [-0.3, -0.25) is 9.59 Å².